The molecular weight excluding hydrogens is 493 g/mol. The molecule has 2 saturated heterocycles. The lowest BCUT2D eigenvalue weighted by Gasteiger charge is -2.38. The second kappa shape index (κ2) is 11.3. The highest BCUT2D eigenvalue weighted by Crippen LogP contribution is 2.41. The van der Waals surface area contributed by atoms with Crippen molar-refractivity contribution in [2.45, 2.75) is 32.4 Å². The van der Waals surface area contributed by atoms with Crippen LogP contribution in [-0.4, -0.2) is 60.8 Å². The van der Waals surface area contributed by atoms with E-state index in [2.05, 4.69) is 19.8 Å². The van der Waals surface area contributed by atoms with Crippen molar-refractivity contribution in [2.75, 3.05) is 50.8 Å². The summed E-state index contributed by atoms with van der Waals surface area (Å²) in [6.45, 7) is 8.84. The number of rotatable bonds is 7. The van der Waals surface area contributed by atoms with Gasteiger partial charge in [0.05, 0.1) is 6.20 Å². The zero-order valence-corrected chi connectivity index (χ0v) is 21.8. The van der Waals surface area contributed by atoms with Gasteiger partial charge in [-0.1, -0.05) is 6.07 Å². The van der Waals surface area contributed by atoms with Crippen molar-refractivity contribution in [2.24, 2.45) is 5.92 Å². The molecule has 2 fully saturated rings. The molecule has 9 heteroatoms. The molecule has 6 nitrogen and oxygen atoms in total. The minimum atomic E-state index is -1.85. The van der Waals surface area contributed by atoms with Crippen molar-refractivity contribution < 1.29 is 22.6 Å². The van der Waals surface area contributed by atoms with E-state index in [4.69, 9.17) is 9.47 Å². The molecule has 1 aromatic heterocycles. The van der Waals surface area contributed by atoms with Gasteiger partial charge in [-0.15, -0.1) is 0 Å². The number of nitrogens with zero attached hydrogens (tertiary/aromatic N) is 4. The van der Waals surface area contributed by atoms with Crippen molar-refractivity contribution in [3.63, 3.8) is 0 Å². The molecule has 3 aromatic rings. The van der Waals surface area contributed by atoms with Crippen LogP contribution in [0.3, 0.4) is 0 Å². The van der Waals surface area contributed by atoms with Gasteiger partial charge in [0.2, 0.25) is 0 Å². The number of anilines is 1. The fourth-order valence-corrected chi connectivity index (χ4v) is 5.22. The summed E-state index contributed by atoms with van der Waals surface area (Å²) in [6.07, 6.45) is 5.28. The van der Waals surface area contributed by atoms with Crippen LogP contribution in [0.15, 0.2) is 48.9 Å². The summed E-state index contributed by atoms with van der Waals surface area (Å²) in [5.74, 6) is 0.966. The maximum atomic E-state index is 15.1. The maximum absolute atomic E-state index is 15.1. The Kier molecular flexibility index (Phi) is 7.85. The Balaban J connectivity index is 1.38. The Hall–Kier alpha value is -3.17. The molecule has 0 aliphatic carbocycles. The first kappa shape index (κ1) is 26.4. The first-order chi connectivity index (χ1) is 18.3. The van der Waals surface area contributed by atoms with Crippen LogP contribution in [0.25, 0.3) is 11.1 Å². The minimum absolute atomic E-state index is 0.109. The van der Waals surface area contributed by atoms with Gasteiger partial charge in [0.25, 0.3) is 0 Å². The molecule has 3 heterocycles. The van der Waals surface area contributed by atoms with E-state index in [1.165, 1.54) is 50.5 Å². The van der Waals surface area contributed by atoms with Crippen molar-refractivity contribution in [3.05, 3.63) is 66.1 Å². The second-order valence-electron chi connectivity index (χ2n) is 10.5. The smallest absolute Gasteiger partial charge is 0.188 e. The largest absolute Gasteiger partial charge is 0.451 e. The number of piperazine rings is 1. The van der Waals surface area contributed by atoms with Gasteiger partial charge >= 0.3 is 0 Å². The first-order valence-corrected chi connectivity index (χ1v) is 13.1. The monoisotopic (exact) mass is 526 g/mol. The standard InChI is InChI=1S/C29H33F3N4O2/c1-29(2,32)25-16-22(31)3-5-23(25)24-15-21(30)4-6-26(24)38-27-17-33-19-34-28(27)36-11-9-35(10-12-36)18-20-7-13-37-14-8-20/h3-6,15-17,19-20H,7-14,18H2,1-2H3. The van der Waals surface area contributed by atoms with Gasteiger partial charge in [-0.2, -0.15) is 0 Å². The van der Waals surface area contributed by atoms with E-state index < -0.39 is 17.3 Å². The Morgan fingerprint density at radius 1 is 0.947 bits per heavy atom. The van der Waals surface area contributed by atoms with Gasteiger partial charge in [0, 0.05) is 51.5 Å². The molecule has 0 spiro atoms. The van der Waals surface area contributed by atoms with E-state index in [1.54, 1.807) is 6.20 Å². The van der Waals surface area contributed by atoms with Gasteiger partial charge in [0.1, 0.15) is 29.4 Å². The average Bonchev–Trinajstić information content (AvgIpc) is 2.91. The van der Waals surface area contributed by atoms with E-state index in [1.807, 2.05) is 0 Å². The molecule has 0 bridgehead atoms. The zero-order chi connectivity index (χ0) is 26.7. The van der Waals surface area contributed by atoms with Crippen LogP contribution >= 0.6 is 0 Å². The SMILES string of the molecule is CC(C)(F)c1cc(F)ccc1-c1cc(F)ccc1Oc1cncnc1N1CCN(CC2CCOCC2)CC1. The Bertz CT molecular complexity index is 1250. The third-order valence-corrected chi connectivity index (χ3v) is 7.26. The molecule has 2 aliphatic heterocycles. The fourth-order valence-electron chi connectivity index (χ4n) is 5.22. The molecule has 0 radical (unpaired) electrons. The molecule has 202 valence electrons. The van der Waals surface area contributed by atoms with Crippen LogP contribution in [0.1, 0.15) is 32.3 Å². The van der Waals surface area contributed by atoms with Crippen LogP contribution in [0.2, 0.25) is 0 Å². The highest BCUT2D eigenvalue weighted by Gasteiger charge is 2.27. The van der Waals surface area contributed by atoms with Gasteiger partial charge in [-0.25, -0.2) is 23.1 Å². The van der Waals surface area contributed by atoms with Crippen molar-refractivity contribution in [1.29, 1.82) is 0 Å². The molecule has 5 rings (SSSR count). The number of alkyl halides is 1. The quantitative estimate of drug-likeness (QED) is 0.378. The van der Waals surface area contributed by atoms with E-state index in [9.17, 15) is 8.78 Å². The molecule has 0 saturated carbocycles. The van der Waals surface area contributed by atoms with Crippen molar-refractivity contribution in [3.8, 4) is 22.6 Å². The second-order valence-corrected chi connectivity index (χ2v) is 10.5. The average molecular weight is 527 g/mol. The van der Waals surface area contributed by atoms with Crippen LogP contribution in [0, 0.1) is 17.6 Å². The Morgan fingerprint density at radius 2 is 1.66 bits per heavy atom. The molecule has 2 aliphatic rings. The van der Waals surface area contributed by atoms with Gasteiger partial charge in [-0.3, -0.25) is 4.90 Å². The number of benzene rings is 2. The van der Waals surface area contributed by atoms with Gasteiger partial charge in [-0.05, 0) is 74.1 Å². The summed E-state index contributed by atoms with van der Waals surface area (Å²) in [7, 11) is 0. The highest BCUT2D eigenvalue weighted by atomic mass is 19.1. The van der Waals surface area contributed by atoms with Crippen LogP contribution in [0.5, 0.6) is 11.5 Å². The number of hydrogen-bond acceptors (Lipinski definition) is 6. The van der Waals surface area contributed by atoms with E-state index in [0.29, 0.717) is 34.4 Å². The summed E-state index contributed by atoms with van der Waals surface area (Å²) in [5, 5.41) is 0. The number of aromatic nitrogens is 2. The lowest BCUT2D eigenvalue weighted by atomic mass is 9.90. The van der Waals surface area contributed by atoms with Crippen molar-refractivity contribution >= 4 is 5.82 Å². The Morgan fingerprint density at radius 3 is 2.39 bits per heavy atom. The maximum Gasteiger partial charge on any atom is 0.188 e. The fraction of sp³-hybridized carbons (Fsp3) is 0.448. The predicted molar refractivity (Wildman–Crippen MR) is 140 cm³/mol. The predicted octanol–water partition coefficient (Wildman–Crippen LogP) is 5.97. The zero-order valence-electron chi connectivity index (χ0n) is 21.8. The summed E-state index contributed by atoms with van der Waals surface area (Å²) in [5.41, 5.74) is -1.07. The molecule has 2 aromatic carbocycles. The molecule has 0 atom stereocenters. The lowest BCUT2D eigenvalue weighted by molar-refractivity contribution is 0.0517. The number of hydrogen-bond donors (Lipinski definition) is 0. The highest BCUT2D eigenvalue weighted by molar-refractivity contribution is 5.75. The molecule has 38 heavy (non-hydrogen) atoms. The van der Waals surface area contributed by atoms with Gasteiger partial charge < -0.3 is 14.4 Å². The van der Waals surface area contributed by atoms with E-state index >= 15 is 4.39 Å². The molecular formula is C29H33F3N4O2. The first-order valence-electron chi connectivity index (χ1n) is 13.1. The normalized spacial score (nSPS) is 17.6. The topological polar surface area (TPSA) is 50.7 Å². The summed E-state index contributed by atoms with van der Waals surface area (Å²) < 4.78 is 55.2. The van der Waals surface area contributed by atoms with Crippen LogP contribution < -0.4 is 9.64 Å². The number of ether oxygens (including phenoxy) is 2. The van der Waals surface area contributed by atoms with Crippen LogP contribution in [-0.2, 0) is 10.4 Å². The van der Waals surface area contributed by atoms with Crippen LogP contribution in [0.4, 0.5) is 19.0 Å². The van der Waals surface area contributed by atoms with Gasteiger partial charge in [0.15, 0.2) is 11.6 Å². The third-order valence-electron chi connectivity index (χ3n) is 7.26. The van der Waals surface area contributed by atoms with E-state index in [-0.39, 0.29) is 5.56 Å². The Labute approximate surface area is 221 Å². The molecule has 0 unspecified atom stereocenters. The summed E-state index contributed by atoms with van der Waals surface area (Å²) in [4.78, 5) is 13.3. The van der Waals surface area contributed by atoms with E-state index in [0.717, 1.165) is 64.8 Å². The molecule has 0 N–H and O–H groups in total. The molecule has 0 amide bonds. The van der Waals surface area contributed by atoms with Crippen molar-refractivity contribution in [1.82, 2.24) is 14.9 Å². The minimum Gasteiger partial charge on any atom is -0.451 e. The summed E-state index contributed by atoms with van der Waals surface area (Å²) in [6, 6.07) is 7.87. The summed E-state index contributed by atoms with van der Waals surface area (Å²) >= 11 is 0. The lowest BCUT2D eigenvalue weighted by Crippen LogP contribution is -2.48. The third kappa shape index (κ3) is 6.10. The number of halogens is 3.